The molecule has 0 bridgehead atoms. The van der Waals surface area contributed by atoms with Crippen molar-refractivity contribution in [2.24, 2.45) is 5.92 Å². The molecule has 0 spiro atoms. The molecule has 4 rings (SSSR count). The predicted octanol–water partition coefficient (Wildman–Crippen LogP) is 4.66. The quantitative estimate of drug-likeness (QED) is 0.521. The van der Waals surface area contributed by atoms with Crippen molar-refractivity contribution in [2.75, 3.05) is 5.75 Å². The zero-order valence-corrected chi connectivity index (χ0v) is 16.6. The Hall–Kier alpha value is -2.60. The first kappa shape index (κ1) is 18.7. The van der Waals surface area contributed by atoms with E-state index in [9.17, 15) is 4.79 Å². The van der Waals surface area contributed by atoms with Gasteiger partial charge in [-0.2, -0.15) is 0 Å². The van der Waals surface area contributed by atoms with Crippen LogP contribution < -0.4 is 0 Å². The molecule has 0 aliphatic heterocycles. The molecule has 144 valence electrons. The largest absolute Gasteiger partial charge is 0.411 e. The van der Waals surface area contributed by atoms with Gasteiger partial charge in [-0.3, -0.25) is 4.79 Å². The Kier molecular flexibility index (Phi) is 5.76. The van der Waals surface area contributed by atoms with E-state index in [1.807, 2.05) is 53.4 Å². The third-order valence-electron chi connectivity index (χ3n) is 5.06. The van der Waals surface area contributed by atoms with E-state index in [4.69, 9.17) is 4.42 Å². The number of hydrogen-bond donors (Lipinski definition) is 0. The second-order valence-corrected chi connectivity index (χ2v) is 8.04. The van der Waals surface area contributed by atoms with Crippen LogP contribution in [0, 0.1) is 5.92 Å². The first-order valence-corrected chi connectivity index (χ1v) is 10.5. The van der Waals surface area contributed by atoms with Gasteiger partial charge in [-0.05, 0) is 43.4 Å². The van der Waals surface area contributed by atoms with Crippen LogP contribution in [-0.4, -0.2) is 32.8 Å². The zero-order valence-electron chi connectivity index (χ0n) is 15.8. The normalized spacial score (nSPS) is 14.6. The summed E-state index contributed by atoms with van der Waals surface area (Å²) < 4.78 is 5.71. The molecule has 2 aromatic carbocycles. The van der Waals surface area contributed by atoms with E-state index in [1.165, 1.54) is 24.6 Å². The average Bonchev–Trinajstić information content (AvgIpc) is 3.49. The molecule has 1 heterocycles. The topological polar surface area (TPSA) is 59.2 Å². The fourth-order valence-electron chi connectivity index (χ4n) is 3.24. The first-order chi connectivity index (χ1) is 13.7. The molecule has 28 heavy (non-hydrogen) atoms. The van der Waals surface area contributed by atoms with Crippen molar-refractivity contribution in [1.29, 1.82) is 0 Å². The van der Waals surface area contributed by atoms with Gasteiger partial charge in [-0.1, -0.05) is 60.3 Å². The summed E-state index contributed by atoms with van der Waals surface area (Å²) in [5.74, 6) is 1.49. The highest BCUT2D eigenvalue weighted by Gasteiger charge is 2.34. The Balaban J connectivity index is 1.41. The number of thioether (sulfide) groups is 1. The highest BCUT2D eigenvalue weighted by Crippen LogP contribution is 2.36. The van der Waals surface area contributed by atoms with Crippen molar-refractivity contribution in [3.8, 4) is 11.5 Å². The first-order valence-electron chi connectivity index (χ1n) is 9.56. The van der Waals surface area contributed by atoms with Crippen LogP contribution in [0.15, 0.2) is 70.3 Å². The van der Waals surface area contributed by atoms with Crippen LogP contribution in [0.3, 0.4) is 0 Å². The predicted molar refractivity (Wildman–Crippen MR) is 110 cm³/mol. The molecule has 1 aromatic heterocycles. The second-order valence-electron chi connectivity index (χ2n) is 7.11. The molecular weight excluding hydrogens is 370 g/mol. The van der Waals surface area contributed by atoms with Crippen molar-refractivity contribution in [1.82, 2.24) is 15.1 Å². The van der Waals surface area contributed by atoms with Crippen molar-refractivity contribution < 1.29 is 9.21 Å². The van der Waals surface area contributed by atoms with Crippen molar-refractivity contribution >= 4 is 17.7 Å². The van der Waals surface area contributed by atoms with Crippen LogP contribution >= 0.6 is 11.8 Å². The maximum Gasteiger partial charge on any atom is 0.277 e. The van der Waals surface area contributed by atoms with E-state index in [-0.39, 0.29) is 11.9 Å². The summed E-state index contributed by atoms with van der Waals surface area (Å²) in [6.07, 6.45) is 2.41. The smallest absolute Gasteiger partial charge is 0.277 e. The number of carbonyl (C=O) groups is 1. The highest BCUT2D eigenvalue weighted by atomic mass is 32.2. The maximum absolute atomic E-state index is 13.0. The fourth-order valence-corrected chi connectivity index (χ4v) is 3.89. The zero-order chi connectivity index (χ0) is 19.3. The van der Waals surface area contributed by atoms with Gasteiger partial charge in [-0.15, -0.1) is 10.2 Å². The summed E-state index contributed by atoms with van der Waals surface area (Å²) in [5.41, 5.74) is 2.03. The summed E-state index contributed by atoms with van der Waals surface area (Å²) >= 11 is 1.30. The molecule has 5 nitrogen and oxygen atoms in total. The van der Waals surface area contributed by atoms with Crippen molar-refractivity contribution in [3.05, 3.63) is 66.2 Å². The van der Waals surface area contributed by atoms with E-state index in [0.717, 1.165) is 11.1 Å². The molecule has 1 saturated carbocycles. The summed E-state index contributed by atoms with van der Waals surface area (Å²) in [7, 11) is 0. The SMILES string of the molecule is CC(C1CC1)N(Cc1ccccc1)C(=O)CSc1nnc(-c2ccccc2)o1. The van der Waals surface area contributed by atoms with Crippen LogP contribution in [-0.2, 0) is 11.3 Å². The fraction of sp³-hybridized carbons (Fsp3) is 0.318. The number of rotatable bonds is 8. The standard InChI is InChI=1S/C22H23N3O2S/c1-16(18-12-13-18)25(14-17-8-4-2-5-9-17)20(26)15-28-22-24-23-21(27-22)19-10-6-3-7-11-19/h2-11,16,18H,12-15H2,1H3. The molecule has 6 heteroatoms. The molecule has 0 radical (unpaired) electrons. The Labute approximate surface area is 169 Å². The minimum atomic E-state index is 0.104. The Morgan fingerprint density at radius 2 is 1.79 bits per heavy atom. The lowest BCUT2D eigenvalue weighted by Gasteiger charge is -2.29. The molecule has 3 aromatic rings. The number of benzene rings is 2. The van der Waals surface area contributed by atoms with Crippen molar-refractivity contribution in [3.63, 3.8) is 0 Å². The van der Waals surface area contributed by atoms with Crippen molar-refractivity contribution in [2.45, 2.75) is 37.6 Å². The van der Waals surface area contributed by atoms with Gasteiger partial charge in [0.2, 0.25) is 11.8 Å². The Morgan fingerprint density at radius 1 is 1.11 bits per heavy atom. The van der Waals surface area contributed by atoms with E-state index < -0.39 is 0 Å². The summed E-state index contributed by atoms with van der Waals surface area (Å²) in [6, 6.07) is 20.0. The minimum Gasteiger partial charge on any atom is -0.411 e. The van der Waals surface area contributed by atoms with Gasteiger partial charge >= 0.3 is 0 Å². The average molecular weight is 394 g/mol. The lowest BCUT2D eigenvalue weighted by Crippen LogP contribution is -2.40. The molecule has 0 N–H and O–H groups in total. The molecule has 1 aliphatic carbocycles. The van der Waals surface area contributed by atoms with Crippen LogP contribution in [0.25, 0.3) is 11.5 Å². The Bertz CT molecular complexity index is 910. The number of nitrogens with zero attached hydrogens (tertiary/aromatic N) is 3. The van der Waals surface area contributed by atoms with E-state index >= 15 is 0 Å². The third kappa shape index (κ3) is 4.62. The Morgan fingerprint density at radius 3 is 2.46 bits per heavy atom. The van der Waals surface area contributed by atoms with Gasteiger partial charge in [0.05, 0.1) is 5.75 Å². The van der Waals surface area contributed by atoms with Gasteiger partial charge in [0.1, 0.15) is 0 Å². The highest BCUT2D eigenvalue weighted by molar-refractivity contribution is 7.99. The minimum absolute atomic E-state index is 0.104. The summed E-state index contributed by atoms with van der Waals surface area (Å²) in [5, 5.41) is 8.59. The molecule has 1 atom stereocenters. The molecule has 1 amide bonds. The third-order valence-corrected chi connectivity index (χ3v) is 5.86. The number of aromatic nitrogens is 2. The lowest BCUT2D eigenvalue weighted by molar-refractivity contribution is -0.131. The summed E-state index contributed by atoms with van der Waals surface area (Å²) in [6.45, 7) is 2.79. The number of amides is 1. The lowest BCUT2D eigenvalue weighted by atomic mass is 10.1. The van der Waals surface area contributed by atoms with Crippen LogP contribution in [0.4, 0.5) is 0 Å². The van der Waals surface area contributed by atoms with E-state index in [1.54, 1.807) is 0 Å². The monoisotopic (exact) mass is 393 g/mol. The second kappa shape index (κ2) is 8.61. The van der Waals surface area contributed by atoms with Crippen LogP contribution in [0.1, 0.15) is 25.3 Å². The van der Waals surface area contributed by atoms with Gasteiger partial charge in [0, 0.05) is 18.2 Å². The van der Waals surface area contributed by atoms with Gasteiger partial charge < -0.3 is 9.32 Å². The molecular formula is C22H23N3O2S. The van der Waals surface area contributed by atoms with Crippen LogP contribution in [0.5, 0.6) is 0 Å². The summed E-state index contributed by atoms with van der Waals surface area (Å²) in [4.78, 5) is 15.0. The van der Waals surface area contributed by atoms with Crippen LogP contribution in [0.2, 0.25) is 0 Å². The van der Waals surface area contributed by atoms with E-state index in [2.05, 4.69) is 29.3 Å². The maximum atomic E-state index is 13.0. The molecule has 0 saturated heterocycles. The van der Waals surface area contributed by atoms with Gasteiger partial charge in [0.15, 0.2) is 0 Å². The number of hydrogen-bond acceptors (Lipinski definition) is 5. The molecule has 1 unspecified atom stereocenters. The van der Waals surface area contributed by atoms with Gasteiger partial charge in [-0.25, -0.2) is 0 Å². The number of carbonyl (C=O) groups excluding carboxylic acids is 1. The molecule has 1 fully saturated rings. The van der Waals surface area contributed by atoms with E-state index in [0.29, 0.717) is 29.3 Å². The molecule has 1 aliphatic rings. The van der Waals surface area contributed by atoms with Gasteiger partial charge in [0.25, 0.3) is 5.22 Å².